The number of benzene rings is 1. The first-order valence-electron chi connectivity index (χ1n) is 9.30. The van der Waals surface area contributed by atoms with Crippen LogP contribution in [0.1, 0.15) is 38.5 Å². The molecule has 3 rings (SSSR count). The number of nitrogens with one attached hydrogen (secondary N) is 1. The van der Waals surface area contributed by atoms with Gasteiger partial charge < -0.3 is 19.5 Å². The highest BCUT2D eigenvalue weighted by Crippen LogP contribution is 2.28. The third-order valence-corrected chi connectivity index (χ3v) is 5.01. The van der Waals surface area contributed by atoms with Gasteiger partial charge in [0, 0.05) is 31.0 Å². The van der Waals surface area contributed by atoms with Gasteiger partial charge in [-0.3, -0.25) is 4.79 Å². The second-order valence-corrected chi connectivity index (χ2v) is 7.16. The number of hydrogen-bond acceptors (Lipinski definition) is 6. The Labute approximate surface area is 164 Å². The number of carbonyl (C=O) groups excluding carboxylic acids is 1. The molecule has 1 aliphatic heterocycles. The van der Waals surface area contributed by atoms with Crippen LogP contribution in [0.5, 0.6) is 5.75 Å². The molecule has 0 bridgehead atoms. The quantitative estimate of drug-likeness (QED) is 0.768. The molecule has 1 atom stereocenters. The van der Waals surface area contributed by atoms with Gasteiger partial charge in [-0.05, 0) is 48.5 Å². The molecule has 2 heterocycles. The number of aromatic nitrogens is 2. The second-order valence-electron chi connectivity index (χ2n) is 6.73. The molecule has 0 unspecified atom stereocenters. The summed E-state index contributed by atoms with van der Waals surface area (Å²) in [6, 6.07) is 5.17. The number of amides is 1. The van der Waals surface area contributed by atoms with Gasteiger partial charge in [-0.1, -0.05) is 18.5 Å². The Bertz CT molecular complexity index is 780. The summed E-state index contributed by atoms with van der Waals surface area (Å²) in [7, 11) is 1.57. The van der Waals surface area contributed by atoms with Crippen molar-refractivity contribution in [3.05, 3.63) is 29.1 Å². The summed E-state index contributed by atoms with van der Waals surface area (Å²) in [5.41, 5.74) is 0.596. The van der Waals surface area contributed by atoms with Gasteiger partial charge in [0.2, 0.25) is 11.8 Å². The first-order chi connectivity index (χ1) is 13.1. The largest absolute Gasteiger partial charge is 0.495 e. The third kappa shape index (κ3) is 5.13. The van der Waals surface area contributed by atoms with Crippen molar-refractivity contribution in [1.29, 1.82) is 0 Å². The molecule has 27 heavy (non-hydrogen) atoms. The maximum Gasteiger partial charge on any atom is 0.266 e. The number of ether oxygens (including phenoxy) is 1. The van der Waals surface area contributed by atoms with Gasteiger partial charge >= 0.3 is 0 Å². The van der Waals surface area contributed by atoms with Gasteiger partial charge in [0.05, 0.1) is 12.8 Å². The molecular weight excluding hydrogens is 368 g/mol. The molecule has 146 valence electrons. The molecule has 1 fully saturated rings. The zero-order valence-corrected chi connectivity index (χ0v) is 16.5. The van der Waals surface area contributed by atoms with Gasteiger partial charge in [-0.2, -0.15) is 4.98 Å². The van der Waals surface area contributed by atoms with Gasteiger partial charge in [-0.15, -0.1) is 0 Å². The molecule has 1 aromatic carbocycles. The zero-order valence-electron chi connectivity index (χ0n) is 15.7. The number of aryl methyl sites for hydroxylation is 1. The minimum absolute atomic E-state index is 0.0412. The minimum Gasteiger partial charge on any atom is -0.495 e. The van der Waals surface area contributed by atoms with E-state index in [0.717, 1.165) is 38.8 Å². The highest BCUT2D eigenvalue weighted by atomic mass is 35.5. The van der Waals surface area contributed by atoms with E-state index in [9.17, 15) is 4.79 Å². The summed E-state index contributed by atoms with van der Waals surface area (Å²) in [5.74, 6) is 2.29. The lowest BCUT2D eigenvalue weighted by molar-refractivity contribution is -0.116. The SMILES string of the molecule is CCc1nc(N2CCC[C@@H](CCC(=O)Nc3cc(Cl)ccc3OC)C2)no1. The normalized spacial score (nSPS) is 17.0. The van der Waals surface area contributed by atoms with Gasteiger partial charge in [0.1, 0.15) is 5.75 Å². The predicted molar refractivity (Wildman–Crippen MR) is 104 cm³/mol. The van der Waals surface area contributed by atoms with Crippen LogP contribution in [0.25, 0.3) is 0 Å². The Morgan fingerprint density at radius 2 is 2.33 bits per heavy atom. The molecule has 2 aromatic rings. The minimum atomic E-state index is -0.0412. The number of rotatable bonds is 7. The molecule has 1 amide bonds. The molecule has 8 heteroatoms. The second kappa shape index (κ2) is 9.08. The number of hydrogen-bond donors (Lipinski definition) is 1. The van der Waals surface area contributed by atoms with Crippen LogP contribution in [0.15, 0.2) is 22.7 Å². The van der Waals surface area contributed by atoms with Crippen molar-refractivity contribution in [2.45, 2.75) is 39.0 Å². The van der Waals surface area contributed by atoms with Gasteiger partial charge in [0.15, 0.2) is 0 Å². The van der Waals surface area contributed by atoms with Crippen LogP contribution in [0.3, 0.4) is 0 Å². The maximum atomic E-state index is 12.4. The molecule has 1 saturated heterocycles. The zero-order chi connectivity index (χ0) is 19.2. The molecule has 1 aromatic heterocycles. The van der Waals surface area contributed by atoms with Crippen LogP contribution in [0, 0.1) is 5.92 Å². The predicted octanol–water partition coefficient (Wildman–Crippen LogP) is 3.93. The standard InChI is InChI=1S/C19H25ClN4O3/c1-3-18-22-19(23-27-18)24-10-4-5-13(12-24)6-9-17(25)21-15-11-14(20)7-8-16(15)26-2/h7-8,11,13H,3-6,9-10,12H2,1-2H3,(H,21,25)/t13-/m0/s1. The number of methoxy groups -OCH3 is 1. The van der Waals surface area contributed by atoms with Crippen molar-refractivity contribution in [1.82, 2.24) is 10.1 Å². The smallest absolute Gasteiger partial charge is 0.266 e. The van der Waals surface area contributed by atoms with E-state index in [1.165, 1.54) is 0 Å². The molecular formula is C19H25ClN4O3. The Morgan fingerprint density at radius 1 is 1.48 bits per heavy atom. The Hall–Kier alpha value is -2.28. The molecule has 0 radical (unpaired) electrons. The Kier molecular flexibility index (Phi) is 6.55. The summed E-state index contributed by atoms with van der Waals surface area (Å²) in [6.45, 7) is 3.76. The van der Waals surface area contributed by atoms with Crippen molar-refractivity contribution >= 4 is 29.1 Å². The lowest BCUT2D eigenvalue weighted by Gasteiger charge is -2.31. The Morgan fingerprint density at radius 3 is 3.07 bits per heavy atom. The summed E-state index contributed by atoms with van der Waals surface area (Å²) in [4.78, 5) is 18.9. The number of anilines is 2. The van der Waals surface area contributed by atoms with Gasteiger partial charge in [0.25, 0.3) is 5.95 Å². The first-order valence-corrected chi connectivity index (χ1v) is 9.67. The van der Waals surface area contributed by atoms with E-state index in [1.54, 1.807) is 25.3 Å². The number of piperidine rings is 1. The van der Waals surface area contributed by atoms with Crippen molar-refractivity contribution in [2.75, 3.05) is 30.4 Å². The van der Waals surface area contributed by atoms with E-state index in [2.05, 4.69) is 20.4 Å². The van der Waals surface area contributed by atoms with Crippen molar-refractivity contribution in [3.63, 3.8) is 0 Å². The van der Waals surface area contributed by atoms with Crippen LogP contribution in [0.4, 0.5) is 11.6 Å². The summed E-state index contributed by atoms with van der Waals surface area (Å²) in [5, 5.41) is 7.51. The molecule has 0 aliphatic carbocycles. The fraction of sp³-hybridized carbons (Fsp3) is 0.526. The van der Waals surface area contributed by atoms with Crippen LogP contribution >= 0.6 is 11.6 Å². The molecule has 0 saturated carbocycles. The van der Waals surface area contributed by atoms with Crippen LogP contribution in [-0.2, 0) is 11.2 Å². The maximum absolute atomic E-state index is 12.4. The van der Waals surface area contributed by atoms with E-state index in [0.29, 0.717) is 40.6 Å². The van der Waals surface area contributed by atoms with E-state index in [-0.39, 0.29) is 5.91 Å². The number of halogens is 1. The molecule has 1 aliphatic rings. The van der Waals surface area contributed by atoms with Crippen LogP contribution < -0.4 is 15.0 Å². The Balaban J connectivity index is 1.52. The highest BCUT2D eigenvalue weighted by molar-refractivity contribution is 6.31. The third-order valence-electron chi connectivity index (χ3n) is 4.78. The van der Waals surface area contributed by atoms with Crippen molar-refractivity contribution < 1.29 is 14.1 Å². The van der Waals surface area contributed by atoms with E-state index >= 15 is 0 Å². The van der Waals surface area contributed by atoms with Crippen LogP contribution in [-0.4, -0.2) is 36.2 Å². The summed E-state index contributed by atoms with van der Waals surface area (Å²) >= 11 is 6.01. The molecule has 7 nitrogen and oxygen atoms in total. The number of nitrogens with zero attached hydrogens (tertiary/aromatic N) is 3. The van der Waals surface area contributed by atoms with E-state index in [1.807, 2.05) is 6.92 Å². The average molecular weight is 393 g/mol. The topological polar surface area (TPSA) is 80.5 Å². The molecule has 1 N–H and O–H groups in total. The van der Waals surface area contributed by atoms with E-state index in [4.69, 9.17) is 20.9 Å². The van der Waals surface area contributed by atoms with E-state index < -0.39 is 0 Å². The van der Waals surface area contributed by atoms with Crippen LogP contribution in [0.2, 0.25) is 5.02 Å². The molecule has 0 spiro atoms. The summed E-state index contributed by atoms with van der Waals surface area (Å²) < 4.78 is 10.5. The lowest BCUT2D eigenvalue weighted by atomic mass is 9.93. The summed E-state index contributed by atoms with van der Waals surface area (Å²) in [6.07, 6.45) is 4.15. The first kappa shape index (κ1) is 19.5. The van der Waals surface area contributed by atoms with Crippen molar-refractivity contribution in [2.24, 2.45) is 5.92 Å². The monoisotopic (exact) mass is 392 g/mol. The van der Waals surface area contributed by atoms with Gasteiger partial charge in [-0.25, -0.2) is 0 Å². The fourth-order valence-electron chi connectivity index (χ4n) is 3.33. The van der Waals surface area contributed by atoms with Crippen molar-refractivity contribution in [3.8, 4) is 5.75 Å². The lowest BCUT2D eigenvalue weighted by Crippen LogP contribution is -2.36. The highest BCUT2D eigenvalue weighted by Gasteiger charge is 2.24. The average Bonchev–Trinajstić information content (AvgIpc) is 3.16. The fourth-order valence-corrected chi connectivity index (χ4v) is 3.50. The number of carbonyl (C=O) groups is 1.